The second kappa shape index (κ2) is 5.31. The second-order valence-electron chi connectivity index (χ2n) is 6.74. The van der Waals surface area contributed by atoms with Gasteiger partial charge in [-0.15, -0.1) is 0 Å². The van der Waals surface area contributed by atoms with Gasteiger partial charge in [-0.25, -0.2) is 0 Å². The Balaban J connectivity index is 1.83. The molecule has 0 radical (unpaired) electrons. The van der Waals surface area contributed by atoms with Crippen LogP contribution in [0.25, 0.3) is 0 Å². The number of hydrogen-bond acceptors (Lipinski definition) is 6. The van der Waals surface area contributed by atoms with E-state index < -0.39 is 0 Å². The Kier molecular flexibility index (Phi) is 3.60. The highest BCUT2D eigenvalue weighted by molar-refractivity contribution is 6.05. The van der Waals surface area contributed by atoms with Gasteiger partial charge in [-0.3, -0.25) is 9.48 Å². The van der Waals surface area contributed by atoms with Gasteiger partial charge in [0.2, 0.25) is 0 Å². The Labute approximate surface area is 128 Å². The van der Waals surface area contributed by atoms with Gasteiger partial charge in [-0.05, 0) is 11.8 Å². The van der Waals surface area contributed by atoms with E-state index in [4.69, 9.17) is 9.26 Å². The third-order valence-corrected chi connectivity index (χ3v) is 3.88. The number of hydrogen-bond donors (Lipinski definition) is 0. The lowest BCUT2D eigenvalue weighted by Crippen LogP contribution is -2.30. The average molecular weight is 304 g/mol. The average Bonchev–Trinajstić information content (AvgIpc) is 3.16. The summed E-state index contributed by atoms with van der Waals surface area (Å²) in [5.74, 6) is 0.296. The summed E-state index contributed by atoms with van der Waals surface area (Å²) in [7, 11) is 1.75. The maximum absolute atomic E-state index is 12.3. The van der Waals surface area contributed by atoms with Gasteiger partial charge in [0.1, 0.15) is 0 Å². The van der Waals surface area contributed by atoms with Crippen molar-refractivity contribution in [2.45, 2.75) is 39.2 Å². The van der Waals surface area contributed by atoms with Crippen LogP contribution in [-0.4, -0.2) is 38.4 Å². The second-order valence-corrected chi connectivity index (χ2v) is 6.74. The zero-order valence-electron chi connectivity index (χ0n) is 13.2. The highest BCUT2D eigenvalue weighted by Crippen LogP contribution is 2.39. The number of rotatable bonds is 3. The lowest BCUT2D eigenvalue weighted by Gasteiger charge is -2.29. The molecule has 3 rings (SSSR count). The van der Waals surface area contributed by atoms with Crippen molar-refractivity contribution in [1.29, 1.82) is 0 Å². The first-order valence-corrected chi connectivity index (χ1v) is 7.35. The first-order chi connectivity index (χ1) is 10.4. The van der Waals surface area contributed by atoms with Crippen LogP contribution in [-0.2, 0) is 11.8 Å². The summed E-state index contributed by atoms with van der Waals surface area (Å²) < 4.78 is 12.5. The van der Waals surface area contributed by atoms with Crippen LogP contribution in [0.1, 0.15) is 55.2 Å². The van der Waals surface area contributed by atoms with Gasteiger partial charge in [0.25, 0.3) is 11.7 Å². The minimum absolute atomic E-state index is 0.00237. The van der Waals surface area contributed by atoms with Gasteiger partial charge in [0.05, 0.1) is 23.8 Å². The molecular weight excluding hydrogens is 284 g/mol. The van der Waals surface area contributed by atoms with Crippen LogP contribution in [0.15, 0.2) is 16.9 Å². The van der Waals surface area contributed by atoms with Gasteiger partial charge in [0, 0.05) is 19.9 Å². The summed E-state index contributed by atoms with van der Waals surface area (Å²) in [5, 5.41) is 7.98. The monoisotopic (exact) mass is 304 g/mol. The number of carbonyl (C=O) groups excluding carboxylic acids is 1. The van der Waals surface area contributed by atoms with Crippen molar-refractivity contribution in [3.8, 4) is 0 Å². The lowest BCUT2D eigenvalue weighted by molar-refractivity contribution is 0.0193. The fraction of sp³-hybridized carbons (Fsp3) is 0.600. The highest BCUT2D eigenvalue weighted by atomic mass is 16.5. The van der Waals surface area contributed by atoms with E-state index in [0.29, 0.717) is 18.0 Å². The molecular formula is C15H20N4O3. The van der Waals surface area contributed by atoms with Crippen molar-refractivity contribution >= 4 is 5.78 Å². The molecule has 22 heavy (non-hydrogen) atoms. The summed E-state index contributed by atoms with van der Waals surface area (Å²) in [6.07, 6.45) is 3.97. The van der Waals surface area contributed by atoms with Crippen LogP contribution in [0.3, 0.4) is 0 Å². The Morgan fingerprint density at radius 3 is 2.82 bits per heavy atom. The fourth-order valence-electron chi connectivity index (χ4n) is 2.85. The number of ether oxygens (including phenoxy) is 1. The predicted molar refractivity (Wildman–Crippen MR) is 77.5 cm³/mol. The standard InChI is InChI=1S/C15H20N4O3/c1-15(2,3)12-10(5-6-21-12)13-17-14(22-18-13)11(20)9-7-16-19(4)8-9/h7-8,10,12H,5-6H2,1-4H3/t10-,12-/m0/s1. The van der Waals surface area contributed by atoms with Gasteiger partial charge >= 0.3 is 0 Å². The molecule has 0 spiro atoms. The molecule has 118 valence electrons. The van der Waals surface area contributed by atoms with E-state index in [1.165, 1.54) is 6.20 Å². The largest absolute Gasteiger partial charge is 0.377 e. The number of ketones is 1. The highest BCUT2D eigenvalue weighted by Gasteiger charge is 2.41. The number of carbonyl (C=O) groups is 1. The normalized spacial score (nSPS) is 22.2. The van der Waals surface area contributed by atoms with Crippen LogP contribution >= 0.6 is 0 Å². The van der Waals surface area contributed by atoms with Crippen molar-refractivity contribution in [1.82, 2.24) is 19.9 Å². The van der Waals surface area contributed by atoms with Crippen molar-refractivity contribution in [3.63, 3.8) is 0 Å². The Bertz CT molecular complexity index is 683. The molecule has 2 aromatic rings. The lowest BCUT2D eigenvalue weighted by atomic mass is 9.81. The summed E-state index contributed by atoms with van der Waals surface area (Å²) in [6.45, 7) is 7.04. The third kappa shape index (κ3) is 2.68. The molecule has 0 saturated carbocycles. The van der Waals surface area contributed by atoms with E-state index in [9.17, 15) is 4.79 Å². The predicted octanol–water partition coefficient (Wildman–Crippen LogP) is 1.95. The number of nitrogens with zero attached hydrogens (tertiary/aromatic N) is 4. The molecule has 3 heterocycles. The van der Waals surface area contributed by atoms with Gasteiger partial charge in [-0.1, -0.05) is 25.9 Å². The van der Waals surface area contributed by atoms with Crippen LogP contribution in [0.2, 0.25) is 0 Å². The number of aromatic nitrogens is 4. The summed E-state index contributed by atoms with van der Waals surface area (Å²) in [4.78, 5) is 16.6. The van der Waals surface area contributed by atoms with Crippen molar-refractivity contribution in [3.05, 3.63) is 29.7 Å². The zero-order chi connectivity index (χ0) is 15.9. The molecule has 1 saturated heterocycles. The van der Waals surface area contributed by atoms with Crippen LogP contribution in [0, 0.1) is 5.41 Å². The summed E-state index contributed by atoms with van der Waals surface area (Å²) in [6, 6.07) is 0. The van der Waals surface area contributed by atoms with Gasteiger partial charge in [-0.2, -0.15) is 10.1 Å². The summed E-state index contributed by atoms with van der Waals surface area (Å²) in [5.41, 5.74) is 0.419. The summed E-state index contributed by atoms with van der Waals surface area (Å²) >= 11 is 0. The Morgan fingerprint density at radius 1 is 1.41 bits per heavy atom. The molecule has 0 aliphatic carbocycles. The molecule has 1 aliphatic heterocycles. The van der Waals surface area contributed by atoms with Crippen molar-refractivity contribution < 1.29 is 14.1 Å². The molecule has 1 fully saturated rings. The Hall–Kier alpha value is -2.02. The van der Waals surface area contributed by atoms with E-state index >= 15 is 0 Å². The van der Waals surface area contributed by atoms with Crippen molar-refractivity contribution in [2.75, 3.05) is 6.61 Å². The van der Waals surface area contributed by atoms with E-state index in [-0.39, 0.29) is 29.1 Å². The van der Waals surface area contributed by atoms with Crippen LogP contribution in [0.5, 0.6) is 0 Å². The fourth-order valence-corrected chi connectivity index (χ4v) is 2.85. The molecule has 2 aromatic heterocycles. The molecule has 0 aromatic carbocycles. The van der Waals surface area contributed by atoms with Crippen molar-refractivity contribution in [2.24, 2.45) is 12.5 Å². The molecule has 0 bridgehead atoms. The maximum atomic E-state index is 12.3. The van der Waals surface area contributed by atoms with E-state index in [0.717, 1.165) is 6.42 Å². The molecule has 7 heteroatoms. The van der Waals surface area contributed by atoms with Gasteiger partial charge < -0.3 is 9.26 Å². The first kappa shape index (κ1) is 14.9. The van der Waals surface area contributed by atoms with Gasteiger partial charge in [0.15, 0.2) is 5.82 Å². The smallest absolute Gasteiger partial charge is 0.299 e. The van der Waals surface area contributed by atoms with Crippen LogP contribution < -0.4 is 0 Å². The minimum atomic E-state index is -0.307. The molecule has 1 aliphatic rings. The van der Waals surface area contributed by atoms with E-state index in [1.807, 2.05) is 0 Å². The molecule has 0 N–H and O–H groups in total. The molecule has 2 atom stereocenters. The Morgan fingerprint density at radius 2 is 2.18 bits per heavy atom. The first-order valence-electron chi connectivity index (χ1n) is 7.35. The zero-order valence-corrected chi connectivity index (χ0v) is 13.2. The van der Waals surface area contributed by atoms with Crippen LogP contribution in [0.4, 0.5) is 0 Å². The third-order valence-electron chi connectivity index (χ3n) is 3.88. The molecule has 0 amide bonds. The maximum Gasteiger partial charge on any atom is 0.299 e. The number of aryl methyl sites for hydroxylation is 1. The minimum Gasteiger partial charge on any atom is -0.377 e. The molecule has 0 unspecified atom stereocenters. The molecule has 7 nitrogen and oxygen atoms in total. The quantitative estimate of drug-likeness (QED) is 0.806. The SMILES string of the molecule is Cn1cc(C(=O)c2nc([C@H]3CCO[C@@H]3C(C)(C)C)no2)cn1. The van der Waals surface area contributed by atoms with E-state index in [2.05, 4.69) is 36.0 Å². The topological polar surface area (TPSA) is 83.0 Å². The van der Waals surface area contributed by atoms with E-state index in [1.54, 1.807) is 17.9 Å².